The van der Waals surface area contributed by atoms with Crippen LogP contribution in [0.5, 0.6) is 0 Å². The molecule has 1 fully saturated rings. The average Bonchev–Trinajstić information content (AvgIpc) is 2.47. The highest BCUT2D eigenvalue weighted by Gasteiger charge is 2.25. The molecule has 1 aromatic rings. The lowest BCUT2D eigenvalue weighted by molar-refractivity contribution is 0.0988. The first kappa shape index (κ1) is 12.9. The monoisotopic (exact) mass is 262 g/mol. The predicted molar refractivity (Wildman–Crippen MR) is 75.5 cm³/mol. The quantitative estimate of drug-likeness (QED) is 0.832. The van der Waals surface area contributed by atoms with Crippen molar-refractivity contribution in [1.29, 1.82) is 0 Å². The van der Waals surface area contributed by atoms with Crippen molar-refractivity contribution < 1.29 is 9.84 Å². The van der Waals surface area contributed by atoms with Crippen LogP contribution in [0.3, 0.4) is 0 Å². The highest BCUT2D eigenvalue weighted by atomic mass is 16.5. The summed E-state index contributed by atoms with van der Waals surface area (Å²) in [6, 6.07) is 7.13. The highest BCUT2D eigenvalue weighted by molar-refractivity contribution is 5.58. The number of aliphatic hydroxyl groups excluding tert-OH is 1. The van der Waals surface area contributed by atoms with Crippen molar-refractivity contribution >= 4 is 5.69 Å². The van der Waals surface area contributed by atoms with Crippen LogP contribution < -0.4 is 10.2 Å². The second kappa shape index (κ2) is 5.49. The fraction of sp³-hybridized carbons (Fsp3) is 0.600. The molecule has 3 rings (SSSR count). The maximum Gasteiger partial charge on any atom is 0.0668 e. The van der Waals surface area contributed by atoms with Gasteiger partial charge in [0.25, 0.3) is 0 Å². The first-order valence-corrected chi connectivity index (χ1v) is 7.09. The molecule has 2 N–H and O–H groups in total. The summed E-state index contributed by atoms with van der Waals surface area (Å²) in [4.78, 5) is 2.45. The first-order valence-electron chi connectivity index (χ1n) is 7.09. The third-order valence-corrected chi connectivity index (χ3v) is 4.18. The molecule has 0 aliphatic carbocycles. The van der Waals surface area contributed by atoms with Gasteiger partial charge in [0.2, 0.25) is 0 Å². The van der Waals surface area contributed by atoms with E-state index in [2.05, 4.69) is 35.3 Å². The SMILES string of the molecule is C[C@H]1COCCN1c1cccc2c1C[C@H](CO)NC2. The number of benzene rings is 1. The molecule has 0 spiro atoms. The van der Waals surface area contributed by atoms with Gasteiger partial charge in [-0.25, -0.2) is 0 Å². The first-order chi connectivity index (χ1) is 9.29. The average molecular weight is 262 g/mol. The lowest BCUT2D eigenvalue weighted by Crippen LogP contribution is -2.45. The van der Waals surface area contributed by atoms with E-state index < -0.39 is 0 Å². The van der Waals surface area contributed by atoms with E-state index in [0.717, 1.165) is 32.7 Å². The Bertz CT molecular complexity index is 450. The second-order valence-electron chi connectivity index (χ2n) is 5.50. The van der Waals surface area contributed by atoms with Crippen molar-refractivity contribution in [1.82, 2.24) is 5.32 Å². The number of nitrogens with zero attached hydrogens (tertiary/aromatic N) is 1. The van der Waals surface area contributed by atoms with Gasteiger partial charge in [-0.05, 0) is 30.5 Å². The normalized spacial score (nSPS) is 27.2. The largest absolute Gasteiger partial charge is 0.395 e. The smallest absolute Gasteiger partial charge is 0.0668 e. The Labute approximate surface area is 114 Å². The summed E-state index contributed by atoms with van der Waals surface area (Å²) < 4.78 is 5.53. The Hall–Kier alpha value is -1.10. The highest BCUT2D eigenvalue weighted by Crippen LogP contribution is 2.30. The molecule has 0 unspecified atom stereocenters. The van der Waals surface area contributed by atoms with Gasteiger partial charge in [-0.15, -0.1) is 0 Å². The van der Waals surface area contributed by atoms with Gasteiger partial charge in [-0.1, -0.05) is 12.1 Å². The summed E-state index contributed by atoms with van der Waals surface area (Å²) in [5.41, 5.74) is 4.09. The van der Waals surface area contributed by atoms with Crippen molar-refractivity contribution in [3.63, 3.8) is 0 Å². The maximum absolute atomic E-state index is 9.37. The van der Waals surface area contributed by atoms with E-state index in [1.54, 1.807) is 0 Å². The number of morpholine rings is 1. The topological polar surface area (TPSA) is 44.7 Å². The molecule has 1 saturated heterocycles. The molecule has 4 heteroatoms. The van der Waals surface area contributed by atoms with Crippen LogP contribution in [-0.2, 0) is 17.7 Å². The number of hydrogen-bond acceptors (Lipinski definition) is 4. The van der Waals surface area contributed by atoms with Crippen LogP contribution in [0.4, 0.5) is 5.69 Å². The molecule has 0 bridgehead atoms. The zero-order valence-corrected chi connectivity index (χ0v) is 11.4. The lowest BCUT2D eigenvalue weighted by Gasteiger charge is -2.38. The minimum absolute atomic E-state index is 0.185. The molecule has 0 radical (unpaired) electrons. The molecule has 4 nitrogen and oxygen atoms in total. The number of nitrogens with one attached hydrogen (secondary N) is 1. The number of hydrogen-bond donors (Lipinski definition) is 2. The Morgan fingerprint density at radius 1 is 1.47 bits per heavy atom. The van der Waals surface area contributed by atoms with E-state index in [9.17, 15) is 5.11 Å². The van der Waals surface area contributed by atoms with Crippen LogP contribution in [0.2, 0.25) is 0 Å². The van der Waals surface area contributed by atoms with Crippen LogP contribution in [0, 0.1) is 0 Å². The maximum atomic E-state index is 9.37. The summed E-state index contributed by atoms with van der Waals surface area (Å²) in [6.07, 6.45) is 0.909. The summed E-state index contributed by atoms with van der Waals surface area (Å²) in [5.74, 6) is 0. The van der Waals surface area contributed by atoms with Crippen LogP contribution >= 0.6 is 0 Å². The van der Waals surface area contributed by atoms with Gasteiger partial charge >= 0.3 is 0 Å². The van der Waals surface area contributed by atoms with Crippen molar-refractivity contribution in [2.24, 2.45) is 0 Å². The fourth-order valence-electron chi connectivity index (χ4n) is 3.08. The van der Waals surface area contributed by atoms with Gasteiger partial charge in [0.05, 0.1) is 19.8 Å². The van der Waals surface area contributed by atoms with Crippen molar-refractivity contribution in [3.8, 4) is 0 Å². The van der Waals surface area contributed by atoms with E-state index in [0.29, 0.717) is 6.04 Å². The standard InChI is InChI=1S/C15H22N2O2/c1-11-10-19-6-5-17(11)15-4-2-3-12-8-16-13(9-18)7-14(12)15/h2-4,11,13,16,18H,5-10H2,1H3/t11-,13+/m0/s1. The van der Waals surface area contributed by atoms with E-state index in [4.69, 9.17) is 4.74 Å². The zero-order chi connectivity index (χ0) is 13.2. The van der Waals surface area contributed by atoms with E-state index >= 15 is 0 Å². The molecular weight excluding hydrogens is 240 g/mol. The number of anilines is 1. The molecule has 104 valence electrons. The summed E-state index contributed by atoms with van der Waals surface area (Å²) >= 11 is 0. The third kappa shape index (κ3) is 2.48. The minimum Gasteiger partial charge on any atom is -0.395 e. The molecule has 2 aliphatic rings. The number of rotatable bonds is 2. The van der Waals surface area contributed by atoms with Crippen molar-refractivity contribution in [3.05, 3.63) is 29.3 Å². The van der Waals surface area contributed by atoms with Crippen molar-refractivity contribution in [2.45, 2.75) is 32.0 Å². The third-order valence-electron chi connectivity index (χ3n) is 4.18. The van der Waals surface area contributed by atoms with Gasteiger partial charge in [0.1, 0.15) is 0 Å². The van der Waals surface area contributed by atoms with E-state index in [1.807, 2.05) is 0 Å². The Kier molecular flexibility index (Phi) is 3.73. The number of ether oxygens (including phenoxy) is 1. The van der Waals surface area contributed by atoms with Gasteiger partial charge in [-0.3, -0.25) is 0 Å². The number of aliphatic hydroxyl groups is 1. The Balaban J connectivity index is 1.93. The lowest BCUT2D eigenvalue weighted by atomic mass is 9.93. The molecule has 0 saturated carbocycles. The number of fused-ring (bicyclic) bond motifs is 1. The molecule has 0 amide bonds. The predicted octanol–water partition coefficient (Wildman–Crippen LogP) is 0.918. The molecule has 19 heavy (non-hydrogen) atoms. The summed E-state index contributed by atoms with van der Waals surface area (Å²) in [6.45, 7) is 5.82. The van der Waals surface area contributed by atoms with Gasteiger partial charge < -0.3 is 20.1 Å². The van der Waals surface area contributed by atoms with Crippen LogP contribution in [-0.4, -0.2) is 43.6 Å². The van der Waals surface area contributed by atoms with Gasteiger partial charge in [0, 0.05) is 30.9 Å². The van der Waals surface area contributed by atoms with Crippen LogP contribution in [0.25, 0.3) is 0 Å². The molecule has 0 aromatic heterocycles. The Morgan fingerprint density at radius 2 is 2.37 bits per heavy atom. The molecule has 2 heterocycles. The molecule has 2 atom stereocenters. The van der Waals surface area contributed by atoms with Crippen molar-refractivity contribution in [2.75, 3.05) is 31.3 Å². The second-order valence-corrected chi connectivity index (χ2v) is 5.50. The minimum atomic E-state index is 0.185. The van der Waals surface area contributed by atoms with Gasteiger partial charge in [-0.2, -0.15) is 0 Å². The van der Waals surface area contributed by atoms with Gasteiger partial charge in [0.15, 0.2) is 0 Å². The Morgan fingerprint density at radius 3 is 3.16 bits per heavy atom. The molecular formula is C15H22N2O2. The summed E-state index contributed by atoms with van der Waals surface area (Å²) in [7, 11) is 0. The van der Waals surface area contributed by atoms with Crippen LogP contribution in [0.1, 0.15) is 18.1 Å². The summed E-state index contributed by atoms with van der Waals surface area (Å²) in [5, 5.41) is 12.7. The van der Waals surface area contributed by atoms with E-state index in [1.165, 1.54) is 16.8 Å². The molecule has 2 aliphatic heterocycles. The zero-order valence-electron chi connectivity index (χ0n) is 11.4. The van der Waals surface area contributed by atoms with Crippen LogP contribution in [0.15, 0.2) is 18.2 Å². The molecule has 1 aromatic carbocycles. The fourth-order valence-corrected chi connectivity index (χ4v) is 3.08. The van der Waals surface area contributed by atoms with E-state index in [-0.39, 0.29) is 12.6 Å².